The van der Waals surface area contributed by atoms with Gasteiger partial charge in [-0.05, 0) is 81.5 Å². The second-order valence-electron chi connectivity index (χ2n) is 7.75. The van der Waals surface area contributed by atoms with Crippen LogP contribution >= 0.6 is 0 Å². The average molecular weight is 417 g/mol. The lowest BCUT2D eigenvalue weighted by Crippen LogP contribution is -2.49. The summed E-state index contributed by atoms with van der Waals surface area (Å²) in [5, 5.41) is 0. The summed E-state index contributed by atoms with van der Waals surface area (Å²) in [6.07, 6.45) is 0. The SMILES string of the molecule is CCOc1ccccc1N1CCN(S(=O)(=O)c2c(C)c(C)c(C)c(C)c2C)CC1. The topological polar surface area (TPSA) is 49.9 Å². The van der Waals surface area contributed by atoms with E-state index in [0.717, 1.165) is 33.7 Å². The molecule has 0 bridgehead atoms. The molecule has 1 aliphatic heterocycles. The molecule has 1 heterocycles. The molecule has 1 fully saturated rings. The average Bonchev–Trinajstić information content (AvgIpc) is 2.71. The number of hydrogen-bond donors (Lipinski definition) is 0. The molecule has 0 aliphatic carbocycles. The summed E-state index contributed by atoms with van der Waals surface area (Å²) in [6.45, 7) is 14.7. The highest BCUT2D eigenvalue weighted by Crippen LogP contribution is 2.33. The van der Waals surface area contributed by atoms with Gasteiger partial charge in [-0.2, -0.15) is 4.31 Å². The van der Waals surface area contributed by atoms with Crippen LogP contribution in [-0.2, 0) is 10.0 Å². The summed E-state index contributed by atoms with van der Waals surface area (Å²) in [6, 6.07) is 7.96. The Labute approximate surface area is 175 Å². The van der Waals surface area contributed by atoms with Gasteiger partial charge in [0.15, 0.2) is 0 Å². The summed E-state index contributed by atoms with van der Waals surface area (Å²) in [4.78, 5) is 2.70. The minimum atomic E-state index is -3.54. The van der Waals surface area contributed by atoms with Crippen LogP contribution in [0.4, 0.5) is 5.69 Å². The van der Waals surface area contributed by atoms with Gasteiger partial charge in [0, 0.05) is 26.2 Å². The smallest absolute Gasteiger partial charge is 0.243 e. The lowest BCUT2D eigenvalue weighted by molar-refractivity contribution is 0.337. The first-order valence-corrected chi connectivity index (χ1v) is 11.7. The van der Waals surface area contributed by atoms with Gasteiger partial charge in [0.1, 0.15) is 5.75 Å². The number of hydrogen-bond acceptors (Lipinski definition) is 4. The fourth-order valence-electron chi connectivity index (χ4n) is 4.15. The van der Waals surface area contributed by atoms with E-state index in [0.29, 0.717) is 37.7 Å². The summed E-state index contributed by atoms with van der Waals surface area (Å²) < 4.78 is 34.5. The maximum absolute atomic E-state index is 13.5. The summed E-state index contributed by atoms with van der Waals surface area (Å²) >= 11 is 0. The Balaban J connectivity index is 1.87. The molecule has 1 saturated heterocycles. The van der Waals surface area contributed by atoms with Crippen molar-refractivity contribution in [1.29, 1.82) is 0 Å². The van der Waals surface area contributed by atoms with E-state index in [4.69, 9.17) is 4.74 Å². The van der Waals surface area contributed by atoms with Crippen molar-refractivity contribution < 1.29 is 13.2 Å². The van der Waals surface area contributed by atoms with Gasteiger partial charge in [-0.15, -0.1) is 0 Å². The molecular formula is C23H32N2O3S. The molecule has 0 saturated carbocycles. The molecule has 0 unspecified atom stereocenters. The zero-order valence-electron chi connectivity index (χ0n) is 18.4. The maximum atomic E-state index is 13.5. The molecule has 0 N–H and O–H groups in total. The molecule has 0 atom stereocenters. The van der Waals surface area contributed by atoms with E-state index >= 15 is 0 Å². The molecule has 2 aromatic carbocycles. The third-order valence-corrected chi connectivity index (χ3v) is 8.45. The van der Waals surface area contributed by atoms with E-state index < -0.39 is 10.0 Å². The molecule has 0 radical (unpaired) electrons. The summed E-state index contributed by atoms with van der Waals surface area (Å²) in [5.74, 6) is 0.850. The number of piperazine rings is 1. The first-order valence-electron chi connectivity index (χ1n) is 10.2. The highest BCUT2D eigenvalue weighted by atomic mass is 32.2. The van der Waals surface area contributed by atoms with Crippen molar-refractivity contribution >= 4 is 15.7 Å². The van der Waals surface area contributed by atoms with Crippen LogP contribution in [0.25, 0.3) is 0 Å². The summed E-state index contributed by atoms with van der Waals surface area (Å²) in [5.41, 5.74) is 6.08. The number of ether oxygens (including phenoxy) is 1. The van der Waals surface area contributed by atoms with Crippen LogP contribution in [0.5, 0.6) is 5.75 Å². The second kappa shape index (κ2) is 8.36. The van der Waals surface area contributed by atoms with Gasteiger partial charge < -0.3 is 9.64 Å². The van der Waals surface area contributed by atoms with E-state index in [2.05, 4.69) is 11.8 Å². The Bertz CT molecular complexity index is 978. The molecule has 1 aliphatic rings. The molecule has 0 aromatic heterocycles. The van der Waals surface area contributed by atoms with Crippen molar-refractivity contribution in [2.45, 2.75) is 46.4 Å². The predicted molar refractivity (Wildman–Crippen MR) is 119 cm³/mol. The molecule has 6 heteroatoms. The number of nitrogens with zero attached hydrogens (tertiary/aromatic N) is 2. The standard InChI is InChI=1S/C23H32N2O3S/c1-7-28-22-11-9-8-10-21(22)24-12-14-25(15-13-24)29(26,27)23-19(5)17(3)16(2)18(4)20(23)6/h8-11H,7,12-15H2,1-6H3. The molecular weight excluding hydrogens is 384 g/mol. The highest BCUT2D eigenvalue weighted by molar-refractivity contribution is 7.89. The van der Waals surface area contributed by atoms with E-state index in [9.17, 15) is 8.42 Å². The number of benzene rings is 2. The van der Waals surface area contributed by atoms with Crippen LogP contribution in [0.1, 0.15) is 34.7 Å². The van der Waals surface area contributed by atoms with Crippen LogP contribution in [0.3, 0.4) is 0 Å². The van der Waals surface area contributed by atoms with Crippen molar-refractivity contribution in [3.05, 3.63) is 52.1 Å². The zero-order chi connectivity index (χ0) is 21.3. The van der Waals surface area contributed by atoms with Crippen molar-refractivity contribution in [2.24, 2.45) is 0 Å². The first kappa shape index (κ1) is 21.7. The Kier molecular flexibility index (Phi) is 6.24. The van der Waals surface area contributed by atoms with Crippen LogP contribution in [0, 0.1) is 34.6 Å². The fourth-order valence-corrected chi connectivity index (χ4v) is 6.13. The van der Waals surface area contributed by atoms with Crippen molar-refractivity contribution in [1.82, 2.24) is 4.31 Å². The van der Waals surface area contributed by atoms with E-state index in [1.165, 1.54) is 5.56 Å². The number of para-hydroxylation sites is 2. The van der Waals surface area contributed by atoms with Gasteiger partial charge in [-0.3, -0.25) is 0 Å². The molecule has 158 valence electrons. The second-order valence-corrected chi connectivity index (χ2v) is 9.62. The number of sulfonamides is 1. The highest BCUT2D eigenvalue weighted by Gasteiger charge is 2.32. The van der Waals surface area contributed by atoms with Crippen LogP contribution < -0.4 is 9.64 Å². The van der Waals surface area contributed by atoms with Crippen LogP contribution in [-0.4, -0.2) is 45.5 Å². The molecule has 29 heavy (non-hydrogen) atoms. The van der Waals surface area contributed by atoms with Crippen LogP contribution in [0.2, 0.25) is 0 Å². The third-order valence-electron chi connectivity index (χ3n) is 6.27. The molecule has 5 nitrogen and oxygen atoms in total. The molecule has 2 aromatic rings. The van der Waals surface area contributed by atoms with Gasteiger partial charge in [-0.1, -0.05) is 12.1 Å². The zero-order valence-corrected chi connectivity index (χ0v) is 19.2. The lowest BCUT2D eigenvalue weighted by atomic mass is 9.95. The van der Waals surface area contributed by atoms with Crippen LogP contribution in [0.15, 0.2) is 29.2 Å². The maximum Gasteiger partial charge on any atom is 0.243 e. The van der Waals surface area contributed by atoms with Crippen molar-refractivity contribution in [2.75, 3.05) is 37.7 Å². The Morgan fingerprint density at radius 1 is 0.828 bits per heavy atom. The quantitative estimate of drug-likeness (QED) is 0.735. The monoisotopic (exact) mass is 416 g/mol. The number of anilines is 1. The van der Waals surface area contributed by atoms with Gasteiger partial charge in [-0.25, -0.2) is 8.42 Å². The molecule has 3 rings (SSSR count). The molecule has 0 spiro atoms. The Morgan fingerprint density at radius 2 is 1.34 bits per heavy atom. The largest absolute Gasteiger partial charge is 0.492 e. The fraction of sp³-hybridized carbons (Fsp3) is 0.478. The van der Waals surface area contributed by atoms with E-state index in [-0.39, 0.29) is 0 Å². The van der Waals surface area contributed by atoms with E-state index in [1.807, 2.05) is 58.9 Å². The minimum Gasteiger partial charge on any atom is -0.492 e. The molecule has 0 amide bonds. The predicted octanol–water partition coefficient (Wildman–Crippen LogP) is 4.14. The third kappa shape index (κ3) is 3.88. The van der Waals surface area contributed by atoms with Gasteiger partial charge in [0.05, 0.1) is 17.2 Å². The lowest BCUT2D eigenvalue weighted by Gasteiger charge is -2.36. The van der Waals surface area contributed by atoms with E-state index in [1.54, 1.807) is 4.31 Å². The number of rotatable bonds is 5. The Morgan fingerprint density at radius 3 is 1.90 bits per heavy atom. The van der Waals surface area contributed by atoms with Gasteiger partial charge in [0.2, 0.25) is 10.0 Å². The van der Waals surface area contributed by atoms with Gasteiger partial charge >= 0.3 is 0 Å². The normalized spacial score (nSPS) is 15.6. The Hall–Kier alpha value is -2.05. The minimum absolute atomic E-state index is 0.466. The van der Waals surface area contributed by atoms with Gasteiger partial charge in [0.25, 0.3) is 0 Å². The summed E-state index contributed by atoms with van der Waals surface area (Å²) in [7, 11) is -3.54. The first-order chi connectivity index (χ1) is 13.7. The van der Waals surface area contributed by atoms with Crippen molar-refractivity contribution in [3.63, 3.8) is 0 Å². The van der Waals surface area contributed by atoms with Crippen molar-refractivity contribution in [3.8, 4) is 5.75 Å².